The first-order chi connectivity index (χ1) is 6.56. The molecule has 1 spiro atoms. The molecule has 0 amide bonds. The van der Waals surface area contributed by atoms with Gasteiger partial charge in [0.25, 0.3) is 0 Å². The first kappa shape index (κ1) is 9.33. The summed E-state index contributed by atoms with van der Waals surface area (Å²) in [6, 6.07) is -0.749. The van der Waals surface area contributed by atoms with Gasteiger partial charge in [-0.15, -0.1) is 0 Å². The second-order valence-electron chi connectivity index (χ2n) is 3.90. The largest absolute Gasteiger partial charge is 0.480 e. The van der Waals surface area contributed by atoms with E-state index in [1.165, 1.54) is 0 Å². The van der Waals surface area contributed by atoms with Crippen LogP contribution in [0, 0.1) is 5.41 Å². The summed E-state index contributed by atoms with van der Waals surface area (Å²) in [5.74, 6) is -1.19. The molecule has 14 heavy (non-hydrogen) atoms. The molecule has 1 heterocycles. The third kappa shape index (κ3) is 1.09. The van der Waals surface area contributed by atoms with Crippen molar-refractivity contribution in [1.82, 2.24) is 5.32 Å². The molecule has 2 N–H and O–H groups in total. The Hall–Kier alpha value is -1.23. The van der Waals surface area contributed by atoms with Crippen LogP contribution in [0.1, 0.15) is 19.3 Å². The lowest BCUT2D eigenvalue weighted by molar-refractivity contribution is -0.139. The van der Waals surface area contributed by atoms with Gasteiger partial charge in [0.05, 0.1) is 0 Å². The summed E-state index contributed by atoms with van der Waals surface area (Å²) >= 11 is 0. The Morgan fingerprint density at radius 3 is 2.36 bits per heavy atom. The maximum atomic E-state index is 11.5. The number of carbonyl (C=O) groups excluding carboxylic acids is 2. The van der Waals surface area contributed by atoms with Crippen LogP contribution in [0.25, 0.3) is 0 Å². The van der Waals surface area contributed by atoms with E-state index >= 15 is 0 Å². The van der Waals surface area contributed by atoms with E-state index in [9.17, 15) is 14.4 Å². The average Bonchev–Trinajstić information content (AvgIpc) is 2.68. The standard InChI is InChI=1S/C9H11NO4/c11-6-1-2-7(12)9(6)3-5(8(13)14)10-4-9/h5,10H,1-4H2,(H,13,14). The average molecular weight is 197 g/mol. The Morgan fingerprint density at radius 1 is 1.36 bits per heavy atom. The van der Waals surface area contributed by atoms with Crippen molar-refractivity contribution in [3.8, 4) is 0 Å². The monoisotopic (exact) mass is 197 g/mol. The highest BCUT2D eigenvalue weighted by Crippen LogP contribution is 2.38. The van der Waals surface area contributed by atoms with E-state index in [2.05, 4.69) is 5.32 Å². The van der Waals surface area contributed by atoms with Crippen molar-refractivity contribution >= 4 is 17.5 Å². The summed E-state index contributed by atoms with van der Waals surface area (Å²) in [5, 5.41) is 11.5. The van der Waals surface area contributed by atoms with Gasteiger partial charge in [0.15, 0.2) is 0 Å². The molecule has 1 unspecified atom stereocenters. The normalized spacial score (nSPS) is 30.1. The lowest BCUT2D eigenvalue weighted by Crippen LogP contribution is -2.34. The van der Waals surface area contributed by atoms with Gasteiger partial charge in [-0.3, -0.25) is 14.4 Å². The molecule has 1 saturated heterocycles. The molecule has 76 valence electrons. The minimum absolute atomic E-state index is 0.0984. The molecular weight excluding hydrogens is 186 g/mol. The molecule has 2 aliphatic rings. The minimum Gasteiger partial charge on any atom is -0.480 e. The molecule has 5 heteroatoms. The van der Waals surface area contributed by atoms with Gasteiger partial charge in [0.2, 0.25) is 0 Å². The Kier molecular flexibility index (Phi) is 1.92. The van der Waals surface area contributed by atoms with Crippen molar-refractivity contribution in [2.75, 3.05) is 6.54 Å². The summed E-state index contributed by atoms with van der Waals surface area (Å²) < 4.78 is 0. The molecule has 1 saturated carbocycles. The van der Waals surface area contributed by atoms with E-state index in [0.29, 0.717) is 0 Å². The zero-order valence-electron chi connectivity index (χ0n) is 7.58. The van der Waals surface area contributed by atoms with Gasteiger partial charge >= 0.3 is 5.97 Å². The Morgan fingerprint density at radius 2 is 1.93 bits per heavy atom. The van der Waals surface area contributed by atoms with E-state index in [-0.39, 0.29) is 37.4 Å². The summed E-state index contributed by atoms with van der Waals surface area (Å²) in [4.78, 5) is 33.7. The van der Waals surface area contributed by atoms with Crippen LogP contribution in [0.3, 0.4) is 0 Å². The van der Waals surface area contributed by atoms with Gasteiger partial charge in [0.1, 0.15) is 23.0 Å². The molecule has 2 rings (SSSR count). The third-order valence-corrected chi connectivity index (χ3v) is 3.15. The molecule has 0 aromatic carbocycles. The number of carboxylic acid groups (broad SMARTS) is 1. The highest BCUT2D eigenvalue weighted by Gasteiger charge is 2.54. The first-order valence-corrected chi connectivity index (χ1v) is 4.59. The molecule has 5 nitrogen and oxygen atoms in total. The smallest absolute Gasteiger partial charge is 0.320 e. The highest BCUT2D eigenvalue weighted by atomic mass is 16.4. The SMILES string of the molecule is O=C(O)C1CC2(CN1)C(=O)CCC2=O. The van der Waals surface area contributed by atoms with Gasteiger partial charge in [-0.25, -0.2) is 0 Å². The fraction of sp³-hybridized carbons (Fsp3) is 0.667. The number of hydrogen-bond donors (Lipinski definition) is 2. The van der Waals surface area contributed by atoms with Crippen LogP contribution in [0.4, 0.5) is 0 Å². The number of carboxylic acids is 1. The van der Waals surface area contributed by atoms with Crippen molar-refractivity contribution in [3.05, 3.63) is 0 Å². The molecule has 0 aromatic heterocycles. The molecule has 0 bridgehead atoms. The zero-order valence-corrected chi connectivity index (χ0v) is 7.58. The fourth-order valence-corrected chi connectivity index (χ4v) is 2.25. The van der Waals surface area contributed by atoms with Crippen LogP contribution in [0.15, 0.2) is 0 Å². The third-order valence-electron chi connectivity index (χ3n) is 3.15. The number of aliphatic carboxylic acids is 1. The molecule has 1 atom stereocenters. The van der Waals surface area contributed by atoms with Crippen LogP contribution >= 0.6 is 0 Å². The Labute approximate surface area is 80.5 Å². The molecule has 2 fully saturated rings. The van der Waals surface area contributed by atoms with E-state index in [1.54, 1.807) is 0 Å². The number of rotatable bonds is 1. The second kappa shape index (κ2) is 2.88. The highest BCUT2D eigenvalue weighted by molar-refractivity contribution is 6.13. The van der Waals surface area contributed by atoms with Gasteiger partial charge in [-0.05, 0) is 6.42 Å². The number of hydrogen-bond acceptors (Lipinski definition) is 4. The molecule has 0 aromatic rings. The lowest BCUT2D eigenvalue weighted by Gasteiger charge is -2.16. The van der Waals surface area contributed by atoms with Gasteiger partial charge in [-0.2, -0.15) is 0 Å². The van der Waals surface area contributed by atoms with E-state index in [1.807, 2.05) is 0 Å². The summed E-state index contributed by atoms with van der Waals surface area (Å²) in [7, 11) is 0. The van der Waals surface area contributed by atoms with Crippen molar-refractivity contribution in [1.29, 1.82) is 0 Å². The van der Waals surface area contributed by atoms with Crippen molar-refractivity contribution in [2.45, 2.75) is 25.3 Å². The van der Waals surface area contributed by atoms with Crippen molar-refractivity contribution in [3.63, 3.8) is 0 Å². The van der Waals surface area contributed by atoms with Crippen LogP contribution in [-0.4, -0.2) is 35.2 Å². The van der Waals surface area contributed by atoms with E-state index in [4.69, 9.17) is 5.11 Å². The maximum Gasteiger partial charge on any atom is 0.320 e. The van der Waals surface area contributed by atoms with E-state index in [0.717, 1.165) is 0 Å². The molecule has 1 aliphatic carbocycles. The predicted molar refractivity (Wildman–Crippen MR) is 45.7 cm³/mol. The Bertz CT molecular complexity index is 307. The second-order valence-corrected chi connectivity index (χ2v) is 3.90. The fourth-order valence-electron chi connectivity index (χ4n) is 2.25. The Balaban J connectivity index is 2.23. The topological polar surface area (TPSA) is 83.5 Å². The van der Waals surface area contributed by atoms with Gasteiger partial charge in [0, 0.05) is 19.4 Å². The van der Waals surface area contributed by atoms with Crippen LogP contribution in [-0.2, 0) is 14.4 Å². The number of ketones is 2. The first-order valence-electron chi connectivity index (χ1n) is 4.59. The van der Waals surface area contributed by atoms with Crippen LogP contribution < -0.4 is 5.32 Å². The quantitative estimate of drug-likeness (QED) is 0.546. The lowest BCUT2D eigenvalue weighted by atomic mass is 9.82. The zero-order chi connectivity index (χ0) is 10.3. The van der Waals surface area contributed by atoms with Gasteiger partial charge < -0.3 is 10.4 Å². The molecule has 1 aliphatic heterocycles. The predicted octanol–water partition coefficient (Wildman–Crippen LogP) is -0.649. The molecule has 0 radical (unpaired) electrons. The van der Waals surface area contributed by atoms with E-state index < -0.39 is 17.4 Å². The number of nitrogens with one attached hydrogen (secondary N) is 1. The van der Waals surface area contributed by atoms with Crippen molar-refractivity contribution in [2.24, 2.45) is 5.41 Å². The van der Waals surface area contributed by atoms with Crippen LogP contribution in [0.2, 0.25) is 0 Å². The van der Waals surface area contributed by atoms with Crippen LogP contribution in [0.5, 0.6) is 0 Å². The summed E-state index contributed by atoms with van der Waals surface area (Å²) in [6.07, 6.45) is 0.666. The summed E-state index contributed by atoms with van der Waals surface area (Å²) in [5.41, 5.74) is -1.01. The minimum atomic E-state index is -1.01. The summed E-state index contributed by atoms with van der Waals surface area (Å²) in [6.45, 7) is 0.196. The molecular formula is C9H11NO4. The number of Topliss-reactive ketones (excluding diaryl/α,β-unsaturated/α-hetero) is 2. The maximum absolute atomic E-state index is 11.5. The van der Waals surface area contributed by atoms with Crippen molar-refractivity contribution < 1.29 is 19.5 Å². The number of carbonyl (C=O) groups is 3. The van der Waals surface area contributed by atoms with Gasteiger partial charge in [-0.1, -0.05) is 0 Å².